The molecule has 0 saturated carbocycles. The fourth-order valence-corrected chi connectivity index (χ4v) is 2.94. The molecule has 0 spiro atoms. The van der Waals surface area contributed by atoms with Crippen LogP contribution in [0, 0.1) is 0 Å². The zero-order chi connectivity index (χ0) is 15.0. The highest BCUT2D eigenvalue weighted by Gasteiger charge is 2.14. The van der Waals surface area contributed by atoms with Crippen LogP contribution >= 0.6 is 11.8 Å². The van der Waals surface area contributed by atoms with Crippen LogP contribution in [0.3, 0.4) is 0 Å². The van der Waals surface area contributed by atoms with E-state index in [0.717, 1.165) is 5.52 Å². The first-order valence-corrected chi connectivity index (χ1v) is 7.48. The summed E-state index contributed by atoms with van der Waals surface area (Å²) in [6, 6.07) is 5.39. The second-order valence-electron chi connectivity index (χ2n) is 4.90. The van der Waals surface area contributed by atoms with Crippen LogP contribution in [0.5, 0.6) is 0 Å². The molecule has 0 fully saturated rings. The van der Waals surface area contributed by atoms with Gasteiger partial charge in [-0.2, -0.15) is 0 Å². The average Bonchev–Trinajstić information content (AvgIpc) is 2.98. The number of nitrogens with two attached hydrogens (primary N) is 1. The fraction of sp³-hybridized carbons (Fsp3) is 0.308. The Hall–Kier alpha value is -2.22. The van der Waals surface area contributed by atoms with Crippen molar-refractivity contribution in [2.24, 2.45) is 0 Å². The van der Waals surface area contributed by atoms with Gasteiger partial charge in [0.25, 0.3) is 0 Å². The lowest BCUT2D eigenvalue weighted by atomic mass is 10.3. The molecule has 0 saturated heterocycles. The van der Waals surface area contributed by atoms with Crippen molar-refractivity contribution < 1.29 is 4.42 Å². The Morgan fingerprint density at radius 3 is 3.05 bits per heavy atom. The van der Waals surface area contributed by atoms with Gasteiger partial charge in [0.15, 0.2) is 10.7 Å². The second-order valence-corrected chi connectivity index (χ2v) is 5.84. The number of H-pyrrole nitrogens is 1. The number of aromatic nitrogens is 4. The summed E-state index contributed by atoms with van der Waals surface area (Å²) in [4.78, 5) is 16.0. The first-order valence-electron chi connectivity index (χ1n) is 6.49. The Labute approximate surface area is 124 Å². The topological polar surface area (TPSA) is 103 Å². The Bertz CT molecular complexity index is 833. The van der Waals surface area contributed by atoms with E-state index in [9.17, 15) is 4.79 Å². The van der Waals surface area contributed by atoms with Crippen molar-refractivity contribution in [3.63, 3.8) is 0 Å². The molecule has 2 aromatic heterocycles. The third-order valence-electron chi connectivity index (χ3n) is 2.97. The molecule has 0 unspecified atom stereocenters. The number of benzene rings is 1. The van der Waals surface area contributed by atoms with Crippen molar-refractivity contribution in [1.29, 1.82) is 0 Å². The minimum absolute atomic E-state index is 0.0437. The van der Waals surface area contributed by atoms with Crippen LogP contribution in [-0.4, -0.2) is 19.7 Å². The molecule has 0 radical (unpaired) electrons. The Morgan fingerprint density at radius 1 is 1.48 bits per heavy atom. The van der Waals surface area contributed by atoms with Crippen LogP contribution in [0.1, 0.15) is 25.8 Å². The molecule has 0 amide bonds. The van der Waals surface area contributed by atoms with Crippen molar-refractivity contribution in [1.82, 2.24) is 19.7 Å². The molecule has 1 aromatic carbocycles. The molecule has 3 N–H and O–H groups in total. The molecule has 0 aliphatic carbocycles. The summed E-state index contributed by atoms with van der Waals surface area (Å²) >= 11 is 1.40. The summed E-state index contributed by atoms with van der Waals surface area (Å²) in [6.07, 6.45) is 0. The maximum absolute atomic E-state index is 11.6. The average molecular weight is 305 g/mol. The van der Waals surface area contributed by atoms with Gasteiger partial charge in [0.2, 0.25) is 5.89 Å². The van der Waals surface area contributed by atoms with E-state index in [4.69, 9.17) is 10.2 Å². The van der Waals surface area contributed by atoms with Gasteiger partial charge in [-0.15, -0.1) is 5.10 Å². The van der Waals surface area contributed by atoms with E-state index in [-0.39, 0.29) is 11.7 Å². The third kappa shape index (κ3) is 2.66. The van der Waals surface area contributed by atoms with Crippen LogP contribution in [0.15, 0.2) is 32.6 Å². The molecule has 2 heterocycles. The van der Waals surface area contributed by atoms with Gasteiger partial charge in [-0.1, -0.05) is 11.8 Å². The Morgan fingerprint density at radius 2 is 2.29 bits per heavy atom. The molecule has 0 aliphatic heterocycles. The lowest BCUT2D eigenvalue weighted by molar-refractivity contribution is 0.531. The van der Waals surface area contributed by atoms with E-state index in [1.807, 2.05) is 19.9 Å². The van der Waals surface area contributed by atoms with Gasteiger partial charge in [-0.05, 0) is 26.0 Å². The largest absolute Gasteiger partial charge is 0.440 e. The van der Waals surface area contributed by atoms with Gasteiger partial charge < -0.3 is 10.2 Å². The molecule has 3 aromatic rings. The predicted octanol–water partition coefficient (Wildman–Crippen LogP) is 2.17. The van der Waals surface area contributed by atoms with Crippen LogP contribution in [0.4, 0.5) is 5.69 Å². The molecule has 21 heavy (non-hydrogen) atoms. The molecule has 8 heteroatoms. The summed E-state index contributed by atoms with van der Waals surface area (Å²) in [5.41, 5.74) is 7.56. The summed E-state index contributed by atoms with van der Waals surface area (Å²) < 4.78 is 7.24. The molecular formula is C13H15N5O2S. The molecule has 0 aliphatic rings. The number of anilines is 1. The monoisotopic (exact) mass is 305 g/mol. The van der Waals surface area contributed by atoms with Gasteiger partial charge in [0, 0.05) is 17.8 Å². The SMILES string of the molecule is CC(C)n1c(SCc2nc3ccc(N)cc3o2)n[nH]c1=O. The Kier molecular flexibility index (Phi) is 3.46. The number of oxazole rings is 1. The first kappa shape index (κ1) is 13.7. The molecule has 7 nitrogen and oxygen atoms in total. The van der Waals surface area contributed by atoms with Crippen molar-refractivity contribution >= 4 is 28.5 Å². The second kappa shape index (κ2) is 5.28. The highest BCUT2D eigenvalue weighted by Crippen LogP contribution is 2.24. The maximum Gasteiger partial charge on any atom is 0.344 e. The molecular weight excluding hydrogens is 290 g/mol. The van der Waals surface area contributed by atoms with Gasteiger partial charge in [-0.25, -0.2) is 14.9 Å². The predicted molar refractivity (Wildman–Crippen MR) is 81.2 cm³/mol. The minimum Gasteiger partial charge on any atom is -0.440 e. The summed E-state index contributed by atoms with van der Waals surface area (Å²) in [7, 11) is 0. The minimum atomic E-state index is -0.210. The van der Waals surface area contributed by atoms with E-state index in [2.05, 4.69) is 15.2 Å². The van der Waals surface area contributed by atoms with Crippen molar-refractivity contribution in [2.45, 2.75) is 30.8 Å². The normalized spacial score (nSPS) is 11.6. The molecule has 0 bridgehead atoms. The van der Waals surface area contributed by atoms with Crippen molar-refractivity contribution in [3.8, 4) is 0 Å². The first-order chi connectivity index (χ1) is 10.0. The quantitative estimate of drug-likeness (QED) is 0.565. The van der Waals surface area contributed by atoms with Gasteiger partial charge in [-0.3, -0.25) is 4.57 Å². The number of nitrogens with zero attached hydrogens (tertiary/aromatic N) is 3. The van der Waals surface area contributed by atoms with E-state index in [1.54, 1.807) is 16.7 Å². The van der Waals surface area contributed by atoms with E-state index < -0.39 is 0 Å². The number of hydrogen-bond acceptors (Lipinski definition) is 6. The van der Waals surface area contributed by atoms with E-state index in [0.29, 0.717) is 28.1 Å². The smallest absolute Gasteiger partial charge is 0.344 e. The number of fused-ring (bicyclic) bond motifs is 1. The molecule has 0 atom stereocenters. The highest BCUT2D eigenvalue weighted by molar-refractivity contribution is 7.98. The number of nitrogen functional groups attached to an aromatic ring is 1. The van der Waals surface area contributed by atoms with Crippen LogP contribution in [0.2, 0.25) is 0 Å². The van der Waals surface area contributed by atoms with E-state index in [1.165, 1.54) is 11.8 Å². The zero-order valence-electron chi connectivity index (χ0n) is 11.7. The lowest BCUT2D eigenvalue weighted by Gasteiger charge is -2.07. The molecule has 110 valence electrons. The maximum atomic E-state index is 11.6. The number of rotatable bonds is 4. The standard InChI is InChI=1S/C13H15N5O2S/c1-7(2)18-12(19)16-17-13(18)21-6-11-15-9-4-3-8(14)5-10(9)20-11/h3-5,7H,6,14H2,1-2H3,(H,16,19). The van der Waals surface area contributed by atoms with Crippen LogP contribution < -0.4 is 11.4 Å². The highest BCUT2D eigenvalue weighted by atomic mass is 32.2. The zero-order valence-corrected chi connectivity index (χ0v) is 12.5. The summed E-state index contributed by atoms with van der Waals surface area (Å²) in [5.74, 6) is 1.07. The van der Waals surface area contributed by atoms with Gasteiger partial charge in [0.05, 0.1) is 5.75 Å². The van der Waals surface area contributed by atoms with Gasteiger partial charge in [0.1, 0.15) is 5.52 Å². The van der Waals surface area contributed by atoms with Crippen molar-refractivity contribution in [3.05, 3.63) is 34.6 Å². The summed E-state index contributed by atoms with van der Waals surface area (Å²) in [5, 5.41) is 7.10. The number of hydrogen-bond donors (Lipinski definition) is 2. The lowest BCUT2D eigenvalue weighted by Crippen LogP contribution is -2.19. The third-order valence-corrected chi connectivity index (χ3v) is 3.91. The number of aromatic amines is 1. The van der Waals surface area contributed by atoms with Crippen LogP contribution in [0.25, 0.3) is 11.1 Å². The number of thioether (sulfide) groups is 1. The molecule has 3 rings (SSSR count). The van der Waals surface area contributed by atoms with Gasteiger partial charge >= 0.3 is 5.69 Å². The number of nitrogens with one attached hydrogen (secondary N) is 1. The van der Waals surface area contributed by atoms with Crippen molar-refractivity contribution in [2.75, 3.05) is 5.73 Å². The fourth-order valence-electron chi connectivity index (χ4n) is 2.02. The van der Waals surface area contributed by atoms with E-state index >= 15 is 0 Å². The Balaban J connectivity index is 1.82. The van der Waals surface area contributed by atoms with Crippen LogP contribution in [-0.2, 0) is 5.75 Å². The summed E-state index contributed by atoms with van der Waals surface area (Å²) in [6.45, 7) is 3.87.